The van der Waals surface area contributed by atoms with Crippen LogP contribution in [0.1, 0.15) is 42.9 Å². The summed E-state index contributed by atoms with van der Waals surface area (Å²) in [5, 5.41) is 23.8. The lowest BCUT2D eigenvalue weighted by molar-refractivity contribution is -0.133. The molecular formula is C19H26N2O3. The first-order valence-corrected chi connectivity index (χ1v) is 9.12. The summed E-state index contributed by atoms with van der Waals surface area (Å²) < 4.78 is 0. The maximum atomic E-state index is 12.0. The fraction of sp³-hybridized carbons (Fsp3) is 0.632. The second-order valence-electron chi connectivity index (χ2n) is 7.52. The van der Waals surface area contributed by atoms with Gasteiger partial charge < -0.3 is 15.5 Å². The molecule has 130 valence electrons. The van der Waals surface area contributed by atoms with Crippen LogP contribution in [0.5, 0.6) is 0 Å². The lowest BCUT2D eigenvalue weighted by Gasteiger charge is -2.38. The molecule has 1 aromatic carbocycles. The molecule has 1 saturated carbocycles. The molecule has 1 aliphatic heterocycles. The van der Waals surface area contributed by atoms with E-state index in [4.69, 9.17) is 0 Å². The Balaban J connectivity index is 1.32. The van der Waals surface area contributed by atoms with Crippen molar-refractivity contribution in [2.75, 3.05) is 13.1 Å². The van der Waals surface area contributed by atoms with E-state index < -0.39 is 12.2 Å². The van der Waals surface area contributed by atoms with Gasteiger partial charge in [0, 0.05) is 12.1 Å². The highest BCUT2D eigenvalue weighted by atomic mass is 16.3. The van der Waals surface area contributed by atoms with Crippen LogP contribution in [-0.4, -0.2) is 52.3 Å². The third-order valence-electron chi connectivity index (χ3n) is 5.85. The molecule has 1 aromatic rings. The highest BCUT2D eigenvalue weighted by molar-refractivity contribution is 5.81. The molecule has 2 fully saturated rings. The summed E-state index contributed by atoms with van der Waals surface area (Å²) in [4.78, 5) is 14.3. The number of hydrogen-bond donors (Lipinski definition) is 3. The Labute approximate surface area is 142 Å². The summed E-state index contributed by atoms with van der Waals surface area (Å²) in [6.45, 7) is 1.66. The highest BCUT2D eigenvalue weighted by Gasteiger charge is 2.38. The monoisotopic (exact) mass is 330 g/mol. The Kier molecular flexibility index (Phi) is 4.33. The van der Waals surface area contributed by atoms with Crippen LogP contribution < -0.4 is 5.32 Å². The Morgan fingerprint density at radius 3 is 2.54 bits per heavy atom. The molecule has 2 aliphatic carbocycles. The third-order valence-corrected chi connectivity index (χ3v) is 5.85. The van der Waals surface area contributed by atoms with E-state index in [9.17, 15) is 15.0 Å². The van der Waals surface area contributed by atoms with E-state index >= 15 is 0 Å². The average Bonchev–Trinajstić information content (AvgIpc) is 3.36. The van der Waals surface area contributed by atoms with Crippen LogP contribution in [0.4, 0.5) is 0 Å². The molecule has 3 N–H and O–H groups in total. The Bertz CT molecular complexity index is 608. The van der Waals surface area contributed by atoms with Crippen molar-refractivity contribution in [3.05, 3.63) is 35.4 Å². The van der Waals surface area contributed by atoms with Crippen molar-refractivity contribution in [1.82, 2.24) is 10.2 Å². The normalized spacial score (nSPS) is 29.2. The van der Waals surface area contributed by atoms with Gasteiger partial charge in [0.15, 0.2) is 0 Å². The zero-order valence-corrected chi connectivity index (χ0v) is 13.9. The predicted molar refractivity (Wildman–Crippen MR) is 90.4 cm³/mol. The molecule has 0 aromatic heterocycles. The molecule has 1 heterocycles. The maximum Gasteiger partial charge on any atom is 0.249 e. The lowest BCUT2D eigenvalue weighted by atomic mass is 9.89. The molecule has 4 rings (SSSR count). The molecule has 24 heavy (non-hydrogen) atoms. The quantitative estimate of drug-likeness (QED) is 0.770. The molecule has 0 radical (unpaired) electrons. The fourth-order valence-corrected chi connectivity index (χ4v) is 4.18. The molecule has 1 saturated heterocycles. The van der Waals surface area contributed by atoms with Gasteiger partial charge in [0.05, 0.1) is 6.10 Å². The number of piperidine rings is 1. The van der Waals surface area contributed by atoms with Gasteiger partial charge in [0.25, 0.3) is 0 Å². The molecule has 3 atom stereocenters. The van der Waals surface area contributed by atoms with Gasteiger partial charge in [-0.2, -0.15) is 0 Å². The zero-order valence-electron chi connectivity index (χ0n) is 13.9. The van der Waals surface area contributed by atoms with Gasteiger partial charge in [-0.15, -0.1) is 0 Å². The summed E-state index contributed by atoms with van der Waals surface area (Å²) in [7, 11) is 0. The lowest BCUT2D eigenvalue weighted by Crippen LogP contribution is -2.48. The fourth-order valence-electron chi connectivity index (χ4n) is 4.18. The highest BCUT2D eigenvalue weighted by Crippen LogP contribution is 2.36. The molecule has 3 aliphatic rings. The van der Waals surface area contributed by atoms with E-state index in [2.05, 4.69) is 16.3 Å². The van der Waals surface area contributed by atoms with Crippen LogP contribution in [0.2, 0.25) is 0 Å². The van der Waals surface area contributed by atoms with Gasteiger partial charge in [-0.25, -0.2) is 0 Å². The second kappa shape index (κ2) is 6.47. The van der Waals surface area contributed by atoms with E-state index in [1.54, 1.807) is 0 Å². The second-order valence-corrected chi connectivity index (χ2v) is 7.52. The van der Waals surface area contributed by atoms with Gasteiger partial charge >= 0.3 is 0 Å². The topological polar surface area (TPSA) is 72.8 Å². The van der Waals surface area contributed by atoms with E-state index in [0.717, 1.165) is 50.8 Å². The molecule has 5 nitrogen and oxygen atoms in total. The van der Waals surface area contributed by atoms with E-state index in [-0.39, 0.29) is 17.9 Å². The summed E-state index contributed by atoms with van der Waals surface area (Å²) in [6.07, 6.45) is 3.25. The Morgan fingerprint density at radius 1 is 1.17 bits per heavy atom. The van der Waals surface area contributed by atoms with Crippen LogP contribution in [0.25, 0.3) is 0 Å². The maximum absolute atomic E-state index is 12.0. The van der Waals surface area contributed by atoms with Crippen LogP contribution in [-0.2, 0) is 11.2 Å². The minimum Gasteiger partial charge on any atom is -0.387 e. The zero-order chi connectivity index (χ0) is 16.7. The van der Waals surface area contributed by atoms with E-state index in [0.29, 0.717) is 6.04 Å². The first-order chi connectivity index (χ1) is 11.6. The van der Waals surface area contributed by atoms with Crippen molar-refractivity contribution in [3.63, 3.8) is 0 Å². The molecule has 1 amide bonds. The summed E-state index contributed by atoms with van der Waals surface area (Å²) in [5.41, 5.74) is 2.29. The molecule has 0 bridgehead atoms. The van der Waals surface area contributed by atoms with Gasteiger partial charge in [-0.3, -0.25) is 9.69 Å². The van der Waals surface area contributed by atoms with Crippen molar-refractivity contribution >= 4 is 5.91 Å². The number of nitrogens with zero attached hydrogens (tertiary/aromatic N) is 1. The van der Waals surface area contributed by atoms with Crippen molar-refractivity contribution in [1.29, 1.82) is 0 Å². The average molecular weight is 330 g/mol. The van der Waals surface area contributed by atoms with Crippen LogP contribution in [0, 0.1) is 5.92 Å². The number of aliphatic hydroxyl groups is 2. The largest absolute Gasteiger partial charge is 0.387 e. The van der Waals surface area contributed by atoms with Gasteiger partial charge in [0.2, 0.25) is 5.91 Å². The predicted octanol–water partition coefficient (Wildman–Crippen LogP) is 0.996. The number of aliphatic hydroxyl groups excluding tert-OH is 2. The number of likely N-dealkylation sites (tertiary alicyclic amines) is 1. The number of rotatable bonds is 4. The molecule has 0 spiro atoms. The standard InChI is InChI=1S/C19H26N2O3/c22-17(19(24)20-14-5-6-14)12-7-9-21(10-8-12)16-11-13-3-1-2-4-15(13)18(16)23/h1-4,12,14,16-18,22-23H,5-11H2,(H,20,24)/t16-,17-,18-/m1/s1. The van der Waals surface area contributed by atoms with Crippen molar-refractivity contribution < 1.29 is 15.0 Å². The van der Waals surface area contributed by atoms with Crippen LogP contribution >= 0.6 is 0 Å². The summed E-state index contributed by atoms with van der Waals surface area (Å²) >= 11 is 0. The number of amides is 1. The number of carbonyl (C=O) groups is 1. The van der Waals surface area contributed by atoms with Crippen LogP contribution in [0.15, 0.2) is 24.3 Å². The number of hydrogen-bond acceptors (Lipinski definition) is 4. The Hall–Kier alpha value is -1.43. The van der Waals surface area contributed by atoms with Crippen molar-refractivity contribution in [2.45, 2.75) is 56.4 Å². The summed E-state index contributed by atoms with van der Waals surface area (Å²) in [6, 6.07) is 8.52. The van der Waals surface area contributed by atoms with E-state index in [1.807, 2.05) is 18.2 Å². The molecular weight excluding hydrogens is 304 g/mol. The van der Waals surface area contributed by atoms with Gasteiger partial charge in [-0.1, -0.05) is 24.3 Å². The third kappa shape index (κ3) is 3.08. The Morgan fingerprint density at radius 2 is 1.88 bits per heavy atom. The summed E-state index contributed by atoms with van der Waals surface area (Å²) in [5.74, 6) is -0.176. The smallest absolute Gasteiger partial charge is 0.249 e. The number of nitrogens with one attached hydrogen (secondary N) is 1. The van der Waals surface area contributed by atoms with E-state index in [1.165, 1.54) is 5.56 Å². The molecule has 5 heteroatoms. The van der Waals surface area contributed by atoms with Gasteiger partial charge in [0.1, 0.15) is 6.10 Å². The first-order valence-electron chi connectivity index (χ1n) is 9.12. The SMILES string of the molecule is O=C(NC1CC1)[C@H](O)C1CCN([C@@H]2Cc3ccccc3[C@H]2O)CC1. The number of benzene rings is 1. The minimum absolute atomic E-state index is 0.0286. The minimum atomic E-state index is -0.890. The first kappa shape index (κ1) is 16.1. The van der Waals surface area contributed by atoms with Crippen LogP contribution in [0.3, 0.4) is 0 Å². The number of fused-ring (bicyclic) bond motifs is 1. The van der Waals surface area contributed by atoms with Crippen molar-refractivity contribution in [2.24, 2.45) is 5.92 Å². The number of carbonyl (C=O) groups excluding carboxylic acids is 1. The molecule has 0 unspecified atom stereocenters. The van der Waals surface area contributed by atoms with Crippen molar-refractivity contribution in [3.8, 4) is 0 Å². The van der Waals surface area contributed by atoms with Gasteiger partial charge in [-0.05, 0) is 62.2 Å².